The summed E-state index contributed by atoms with van der Waals surface area (Å²) in [5, 5.41) is 3.01. The van der Waals surface area contributed by atoms with Crippen LogP contribution in [0.2, 0.25) is 0 Å². The van der Waals surface area contributed by atoms with E-state index in [1.165, 1.54) is 11.1 Å². The molecule has 1 aromatic rings. The van der Waals surface area contributed by atoms with Crippen LogP contribution in [0, 0.1) is 6.92 Å². The highest BCUT2D eigenvalue weighted by atomic mass is 79.9. The van der Waals surface area contributed by atoms with Crippen molar-refractivity contribution in [2.24, 2.45) is 0 Å². The van der Waals surface area contributed by atoms with Crippen molar-refractivity contribution in [3.8, 4) is 5.75 Å². The maximum Gasteiger partial charge on any atom is 0.275 e. The van der Waals surface area contributed by atoms with Crippen LogP contribution in [0.25, 0.3) is 0 Å². The lowest BCUT2D eigenvalue weighted by Crippen LogP contribution is -3.00. The number of likely N-dealkylation sites (N-methyl/N-ethyl adjacent to an activating group) is 1. The summed E-state index contributed by atoms with van der Waals surface area (Å²) in [6.45, 7) is 11.8. The first-order valence-electron chi connectivity index (χ1n) is 10.6. The third-order valence-corrected chi connectivity index (χ3v) is 4.97. The lowest BCUT2D eigenvalue weighted by atomic mass is 10.0. The molecule has 28 heavy (non-hydrogen) atoms. The fraction of sp³-hybridized carbons (Fsp3) is 0.696. The Morgan fingerprint density at radius 2 is 1.86 bits per heavy atom. The fourth-order valence-electron chi connectivity index (χ4n) is 3.06. The molecule has 0 fully saturated rings. The van der Waals surface area contributed by atoms with E-state index in [1.54, 1.807) is 0 Å². The van der Waals surface area contributed by atoms with E-state index in [0.717, 1.165) is 62.0 Å². The number of amides is 1. The van der Waals surface area contributed by atoms with Crippen LogP contribution in [-0.4, -0.2) is 50.7 Å². The average molecular weight is 457 g/mol. The Morgan fingerprint density at radius 1 is 1.14 bits per heavy atom. The number of carbonyl (C=O) groups is 1. The summed E-state index contributed by atoms with van der Waals surface area (Å²) >= 11 is 0. The van der Waals surface area contributed by atoms with Gasteiger partial charge in [-0.3, -0.25) is 4.79 Å². The Labute approximate surface area is 183 Å². The van der Waals surface area contributed by atoms with Gasteiger partial charge in [-0.1, -0.05) is 39.3 Å². The van der Waals surface area contributed by atoms with Gasteiger partial charge in [-0.05, 0) is 55.7 Å². The number of nitrogens with zero attached hydrogens (tertiary/aromatic N) is 1. The predicted molar refractivity (Wildman–Crippen MR) is 114 cm³/mol. The van der Waals surface area contributed by atoms with Crippen LogP contribution >= 0.6 is 0 Å². The summed E-state index contributed by atoms with van der Waals surface area (Å²) in [5.74, 6) is 1.70. The molecule has 0 atom stereocenters. The first kappa shape index (κ1) is 26.9. The fourth-order valence-corrected chi connectivity index (χ4v) is 3.06. The molecule has 1 rings (SSSR count). The van der Waals surface area contributed by atoms with Gasteiger partial charge >= 0.3 is 0 Å². The second kappa shape index (κ2) is 14.0. The zero-order valence-corrected chi connectivity index (χ0v) is 20.4. The molecule has 1 aromatic carbocycles. The van der Waals surface area contributed by atoms with E-state index in [0.29, 0.717) is 12.5 Å². The minimum absolute atomic E-state index is 0. The Balaban J connectivity index is 0.00000729. The van der Waals surface area contributed by atoms with Crippen molar-refractivity contribution in [1.29, 1.82) is 0 Å². The lowest BCUT2D eigenvalue weighted by Gasteiger charge is -2.29. The molecule has 0 saturated heterocycles. The minimum atomic E-state index is 0. The van der Waals surface area contributed by atoms with Crippen molar-refractivity contribution in [2.75, 3.05) is 40.3 Å². The molecule has 0 bridgehead atoms. The number of quaternary nitrogens is 1. The van der Waals surface area contributed by atoms with Crippen LogP contribution in [0.5, 0.6) is 5.75 Å². The van der Waals surface area contributed by atoms with Crippen molar-refractivity contribution in [3.63, 3.8) is 0 Å². The second-order valence-corrected chi connectivity index (χ2v) is 8.61. The maximum absolute atomic E-state index is 12.0. The van der Waals surface area contributed by atoms with Crippen molar-refractivity contribution in [3.05, 3.63) is 29.3 Å². The summed E-state index contributed by atoms with van der Waals surface area (Å²) in [7, 11) is 4.27. The summed E-state index contributed by atoms with van der Waals surface area (Å²) in [6.07, 6.45) is 5.46. The number of unbranched alkanes of at least 4 members (excludes halogenated alkanes) is 3. The Kier molecular flexibility index (Phi) is 13.5. The van der Waals surface area contributed by atoms with E-state index < -0.39 is 0 Å². The molecule has 0 saturated carbocycles. The molecule has 0 aliphatic heterocycles. The average Bonchev–Trinajstić information content (AvgIpc) is 2.58. The Bertz CT molecular complexity index is 574. The van der Waals surface area contributed by atoms with Crippen molar-refractivity contribution in [2.45, 2.75) is 65.7 Å². The number of hydrogen-bond donors (Lipinski definition) is 1. The van der Waals surface area contributed by atoms with Crippen LogP contribution in [0.15, 0.2) is 18.2 Å². The smallest absolute Gasteiger partial charge is 0.275 e. The summed E-state index contributed by atoms with van der Waals surface area (Å²) < 4.78 is 6.75. The molecule has 5 heteroatoms. The van der Waals surface area contributed by atoms with Gasteiger partial charge in [0, 0.05) is 6.54 Å². The van der Waals surface area contributed by atoms with E-state index in [2.05, 4.69) is 65.3 Å². The number of carbonyl (C=O) groups excluding carboxylic acids is 1. The van der Waals surface area contributed by atoms with Crippen LogP contribution in [0.3, 0.4) is 0 Å². The number of hydrogen-bond acceptors (Lipinski definition) is 2. The monoisotopic (exact) mass is 456 g/mol. The van der Waals surface area contributed by atoms with E-state index in [9.17, 15) is 4.79 Å². The second-order valence-electron chi connectivity index (χ2n) is 8.61. The molecule has 0 unspecified atom stereocenters. The standard InChI is InChI=1S/C23H40N2O2.BrH/c1-7-8-14-24-23(26)18-25(5,6)15-10-9-11-16-27-22-17-21(19(2)3)13-12-20(22)4;/h12-13,17,19H,7-11,14-16,18H2,1-6H3;1H. The SMILES string of the molecule is CCCCNC(=O)C[N+](C)(C)CCCCCOc1cc(C(C)C)ccc1C.[Br-]. The molecular formula is C23H41BrN2O2. The molecule has 0 spiro atoms. The quantitative estimate of drug-likeness (QED) is 0.362. The highest BCUT2D eigenvalue weighted by Gasteiger charge is 2.19. The van der Waals surface area contributed by atoms with Crippen LogP contribution < -0.4 is 27.0 Å². The third kappa shape index (κ3) is 11.1. The van der Waals surface area contributed by atoms with Gasteiger partial charge in [0.1, 0.15) is 5.75 Å². The van der Waals surface area contributed by atoms with E-state index in [-0.39, 0.29) is 22.9 Å². The van der Waals surface area contributed by atoms with Crippen LogP contribution in [0.1, 0.15) is 69.9 Å². The van der Waals surface area contributed by atoms with Gasteiger partial charge in [-0.15, -0.1) is 0 Å². The number of rotatable bonds is 13. The maximum atomic E-state index is 12.0. The normalized spacial score (nSPS) is 11.2. The van der Waals surface area contributed by atoms with Crippen LogP contribution in [-0.2, 0) is 4.79 Å². The highest BCUT2D eigenvalue weighted by Crippen LogP contribution is 2.24. The van der Waals surface area contributed by atoms with E-state index in [4.69, 9.17) is 4.74 Å². The lowest BCUT2D eigenvalue weighted by molar-refractivity contribution is -0.882. The minimum Gasteiger partial charge on any atom is -1.00 e. The van der Waals surface area contributed by atoms with Gasteiger partial charge in [0.25, 0.3) is 5.91 Å². The molecule has 0 heterocycles. The topological polar surface area (TPSA) is 38.3 Å². The molecule has 0 aliphatic rings. The Morgan fingerprint density at radius 3 is 2.50 bits per heavy atom. The number of aryl methyl sites for hydroxylation is 1. The molecule has 1 amide bonds. The Hall–Kier alpha value is -1.07. The largest absolute Gasteiger partial charge is 1.00 e. The van der Waals surface area contributed by atoms with Gasteiger partial charge in [-0.2, -0.15) is 0 Å². The van der Waals surface area contributed by atoms with Gasteiger partial charge in [-0.25, -0.2) is 0 Å². The molecule has 1 N–H and O–H groups in total. The van der Waals surface area contributed by atoms with Gasteiger partial charge < -0.3 is 31.5 Å². The number of ether oxygens (including phenoxy) is 1. The third-order valence-electron chi connectivity index (χ3n) is 4.97. The molecule has 162 valence electrons. The molecule has 4 nitrogen and oxygen atoms in total. The van der Waals surface area contributed by atoms with E-state index >= 15 is 0 Å². The summed E-state index contributed by atoms with van der Waals surface area (Å²) in [4.78, 5) is 12.0. The van der Waals surface area contributed by atoms with Crippen LogP contribution in [0.4, 0.5) is 0 Å². The number of benzene rings is 1. The van der Waals surface area contributed by atoms with Gasteiger partial charge in [0.15, 0.2) is 6.54 Å². The molecule has 0 aromatic heterocycles. The number of nitrogens with one attached hydrogen (secondary N) is 1. The first-order valence-corrected chi connectivity index (χ1v) is 10.6. The summed E-state index contributed by atoms with van der Waals surface area (Å²) in [5.41, 5.74) is 2.53. The molecule has 0 radical (unpaired) electrons. The van der Waals surface area contributed by atoms with Gasteiger partial charge in [0.2, 0.25) is 0 Å². The van der Waals surface area contributed by atoms with Crippen molar-refractivity contribution in [1.82, 2.24) is 5.32 Å². The summed E-state index contributed by atoms with van der Waals surface area (Å²) in [6, 6.07) is 6.51. The first-order chi connectivity index (χ1) is 12.7. The van der Waals surface area contributed by atoms with Crippen molar-refractivity contribution < 1.29 is 31.0 Å². The van der Waals surface area contributed by atoms with E-state index in [1.807, 2.05) is 0 Å². The van der Waals surface area contributed by atoms with Gasteiger partial charge in [0.05, 0.1) is 27.2 Å². The number of halogens is 1. The zero-order valence-electron chi connectivity index (χ0n) is 18.8. The molecular weight excluding hydrogens is 416 g/mol. The zero-order chi connectivity index (χ0) is 20.3. The highest BCUT2D eigenvalue weighted by molar-refractivity contribution is 5.76. The molecule has 0 aliphatic carbocycles. The predicted octanol–water partition coefficient (Wildman–Crippen LogP) is 1.66. The van der Waals surface area contributed by atoms with Crippen molar-refractivity contribution >= 4 is 5.91 Å².